The summed E-state index contributed by atoms with van der Waals surface area (Å²) in [6, 6.07) is 0.288. The number of amides is 1. The first kappa shape index (κ1) is 16.2. The Bertz CT molecular complexity index is 285. The third kappa shape index (κ3) is 5.37. The van der Waals surface area contributed by atoms with Crippen LogP contribution in [0.3, 0.4) is 0 Å². The van der Waals surface area contributed by atoms with Crippen molar-refractivity contribution in [1.82, 2.24) is 10.2 Å². The van der Waals surface area contributed by atoms with E-state index in [4.69, 9.17) is 9.84 Å². The molecule has 2 unspecified atom stereocenters. The van der Waals surface area contributed by atoms with Crippen LogP contribution in [0.25, 0.3) is 0 Å². The third-order valence-electron chi connectivity index (χ3n) is 3.36. The van der Waals surface area contributed by atoms with Crippen molar-refractivity contribution in [2.75, 3.05) is 19.7 Å². The van der Waals surface area contributed by atoms with Crippen LogP contribution in [0.2, 0.25) is 0 Å². The molecule has 5 heteroatoms. The van der Waals surface area contributed by atoms with Gasteiger partial charge in [0.2, 0.25) is 0 Å². The van der Waals surface area contributed by atoms with Crippen molar-refractivity contribution in [3.63, 3.8) is 0 Å². The Hall–Kier alpha value is -0.810. The number of nitrogens with one attached hydrogen (secondary N) is 1. The number of ether oxygens (including phenoxy) is 1. The lowest BCUT2D eigenvalue weighted by Gasteiger charge is -2.29. The van der Waals surface area contributed by atoms with Crippen LogP contribution in [-0.2, 0) is 4.74 Å². The van der Waals surface area contributed by atoms with Gasteiger partial charge in [-0.2, -0.15) is 0 Å². The molecule has 112 valence electrons. The molecule has 1 saturated heterocycles. The number of carbonyl (C=O) groups excluding carboxylic acids is 1. The topological polar surface area (TPSA) is 61.8 Å². The quantitative estimate of drug-likeness (QED) is 0.800. The maximum absolute atomic E-state index is 12.1. The maximum Gasteiger partial charge on any atom is 0.410 e. The van der Waals surface area contributed by atoms with E-state index in [-0.39, 0.29) is 24.8 Å². The lowest BCUT2D eigenvalue weighted by atomic mass is 10.2. The number of likely N-dealkylation sites (tertiary alicyclic amines) is 1. The van der Waals surface area contributed by atoms with Crippen LogP contribution in [0.4, 0.5) is 4.79 Å². The Morgan fingerprint density at radius 3 is 2.74 bits per heavy atom. The average Bonchev–Trinajstić information content (AvgIpc) is 2.76. The zero-order chi connectivity index (χ0) is 14.5. The van der Waals surface area contributed by atoms with Crippen molar-refractivity contribution in [3.05, 3.63) is 0 Å². The summed E-state index contributed by atoms with van der Waals surface area (Å²) in [5.41, 5.74) is -0.450. The molecule has 1 aliphatic heterocycles. The van der Waals surface area contributed by atoms with Crippen molar-refractivity contribution in [2.24, 2.45) is 0 Å². The Kier molecular flexibility index (Phi) is 6.07. The van der Waals surface area contributed by atoms with Gasteiger partial charge in [0.15, 0.2) is 0 Å². The van der Waals surface area contributed by atoms with E-state index in [9.17, 15) is 4.79 Å². The SMILES string of the molecule is CCC(CO)NCC1CCCN1C(=O)OC(C)(C)C. The molecule has 2 atom stereocenters. The molecule has 5 nitrogen and oxygen atoms in total. The predicted octanol–water partition coefficient (Wildman–Crippen LogP) is 1.75. The lowest BCUT2D eigenvalue weighted by molar-refractivity contribution is 0.0223. The Labute approximate surface area is 116 Å². The van der Waals surface area contributed by atoms with Crippen LogP contribution in [0.1, 0.15) is 47.0 Å². The summed E-state index contributed by atoms with van der Waals surface area (Å²) < 4.78 is 5.42. The molecular formula is C14H28N2O3. The van der Waals surface area contributed by atoms with Gasteiger partial charge in [0, 0.05) is 25.2 Å². The van der Waals surface area contributed by atoms with E-state index in [0.29, 0.717) is 0 Å². The molecule has 0 spiro atoms. The van der Waals surface area contributed by atoms with Gasteiger partial charge in [-0.05, 0) is 40.0 Å². The second-order valence-electron chi connectivity index (χ2n) is 6.17. The Morgan fingerprint density at radius 1 is 1.53 bits per heavy atom. The molecule has 0 aromatic rings. The fourth-order valence-corrected chi connectivity index (χ4v) is 2.25. The van der Waals surface area contributed by atoms with Gasteiger partial charge in [0.05, 0.1) is 6.61 Å². The number of aliphatic hydroxyl groups is 1. The van der Waals surface area contributed by atoms with Gasteiger partial charge in [-0.15, -0.1) is 0 Å². The van der Waals surface area contributed by atoms with Crippen LogP contribution in [0.5, 0.6) is 0 Å². The highest BCUT2D eigenvalue weighted by molar-refractivity contribution is 5.69. The molecule has 1 heterocycles. The van der Waals surface area contributed by atoms with Gasteiger partial charge in [-0.1, -0.05) is 6.92 Å². The van der Waals surface area contributed by atoms with Crippen molar-refractivity contribution in [3.8, 4) is 0 Å². The summed E-state index contributed by atoms with van der Waals surface area (Å²) in [5, 5.41) is 12.5. The van der Waals surface area contributed by atoms with Gasteiger partial charge in [0.25, 0.3) is 0 Å². The highest BCUT2D eigenvalue weighted by Crippen LogP contribution is 2.20. The van der Waals surface area contributed by atoms with E-state index >= 15 is 0 Å². The van der Waals surface area contributed by atoms with Crippen molar-refractivity contribution >= 4 is 6.09 Å². The first-order valence-electron chi connectivity index (χ1n) is 7.21. The first-order valence-corrected chi connectivity index (χ1v) is 7.21. The number of carbonyl (C=O) groups is 1. The monoisotopic (exact) mass is 272 g/mol. The van der Waals surface area contributed by atoms with E-state index in [1.807, 2.05) is 32.6 Å². The molecule has 0 aromatic heterocycles. The maximum atomic E-state index is 12.1. The molecular weight excluding hydrogens is 244 g/mol. The molecule has 1 amide bonds. The average molecular weight is 272 g/mol. The van der Waals surface area contributed by atoms with Crippen molar-refractivity contribution < 1.29 is 14.6 Å². The molecule has 19 heavy (non-hydrogen) atoms. The zero-order valence-corrected chi connectivity index (χ0v) is 12.6. The first-order chi connectivity index (χ1) is 8.87. The highest BCUT2D eigenvalue weighted by atomic mass is 16.6. The second kappa shape index (κ2) is 7.10. The van der Waals surface area contributed by atoms with Gasteiger partial charge in [-0.3, -0.25) is 0 Å². The van der Waals surface area contributed by atoms with E-state index in [1.165, 1.54) is 0 Å². The third-order valence-corrected chi connectivity index (χ3v) is 3.36. The molecule has 1 rings (SSSR count). The van der Waals surface area contributed by atoms with Crippen LogP contribution < -0.4 is 5.32 Å². The standard InChI is InChI=1S/C14H28N2O3/c1-5-11(10-17)15-9-12-7-6-8-16(12)13(18)19-14(2,3)4/h11-12,15,17H,5-10H2,1-4H3. The normalized spacial score (nSPS) is 21.5. The minimum atomic E-state index is -0.450. The summed E-state index contributed by atoms with van der Waals surface area (Å²) in [6.45, 7) is 9.30. The highest BCUT2D eigenvalue weighted by Gasteiger charge is 2.32. The summed E-state index contributed by atoms with van der Waals surface area (Å²) in [7, 11) is 0. The zero-order valence-electron chi connectivity index (χ0n) is 12.6. The Balaban J connectivity index is 2.47. The molecule has 0 saturated carbocycles. The van der Waals surface area contributed by atoms with E-state index in [0.717, 1.165) is 32.4 Å². The second-order valence-corrected chi connectivity index (χ2v) is 6.17. The molecule has 0 aromatic carbocycles. The Morgan fingerprint density at radius 2 is 2.21 bits per heavy atom. The van der Waals surface area contributed by atoms with E-state index in [1.54, 1.807) is 0 Å². The van der Waals surface area contributed by atoms with Crippen LogP contribution in [0, 0.1) is 0 Å². The minimum Gasteiger partial charge on any atom is -0.444 e. The number of aliphatic hydroxyl groups excluding tert-OH is 1. The minimum absolute atomic E-state index is 0.112. The molecule has 0 radical (unpaired) electrons. The fourth-order valence-electron chi connectivity index (χ4n) is 2.25. The van der Waals surface area contributed by atoms with Crippen molar-refractivity contribution in [1.29, 1.82) is 0 Å². The summed E-state index contributed by atoms with van der Waals surface area (Å²) in [6.07, 6.45) is 2.67. The van der Waals surface area contributed by atoms with Crippen LogP contribution in [-0.4, -0.2) is 53.5 Å². The van der Waals surface area contributed by atoms with Gasteiger partial charge < -0.3 is 20.1 Å². The smallest absolute Gasteiger partial charge is 0.410 e. The summed E-state index contributed by atoms with van der Waals surface area (Å²) >= 11 is 0. The largest absolute Gasteiger partial charge is 0.444 e. The predicted molar refractivity (Wildman–Crippen MR) is 75.1 cm³/mol. The van der Waals surface area contributed by atoms with Gasteiger partial charge in [0.1, 0.15) is 5.60 Å². The fraction of sp³-hybridized carbons (Fsp3) is 0.929. The van der Waals surface area contributed by atoms with Crippen molar-refractivity contribution in [2.45, 2.75) is 64.6 Å². The number of hydrogen-bond donors (Lipinski definition) is 2. The van der Waals surface area contributed by atoms with Crippen LogP contribution >= 0.6 is 0 Å². The lowest BCUT2D eigenvalue weighted by Crippen LogP contribution is -2.46. The molecule has 0 bridgehead atoms. The number of rotatable bonds is 5. The molecule has 1 aliphatic rings. The van der Waals surface area contributed by atoms with Gasteiger partial charge in [-0.25, -0.2) is 4.79 Å². The number of nitrogens with zero attached hydrogens (tertiary/aromatic N) is 1. The molecule has 1 fully saturated rings. The summed E-state index contributed by atoms with van der Waals surface area (Å²) in [5.74, 6) is 0. The van der Waals surface area contributed by atoms with E-state index in [2.05, 4.69) is 5.32 Å². The summed E-state index contributed by atoms with van der Waals surface area (Å²) in [4.78, 5) is 13.9. The van der Waals surface area contributed by atoms with Gasteiger partial charge >= 0.3 is 6.09 Å². The van der Waals surface area contributed by atoms with Crippen LogP contribution in [0.15, 0.2) is 0 Å². The van der Waals surface area contributed by atoms with E-state index < -0.39 is 5.60 Å². The molecule has 0 aliphatic carbocycles. The molecule has 2 N–H and O–H groups in total. The number of hydrogen-bond acceptors (Lipinski definition) is 4.